The Kier molecular flexibility index (Phi) is 5.56. The molecular formula is C22H31N5O2. The number of carbonyl (C=O) groups excluding carboxylic acids is 2. The van der Waals surface area contributed by atoms with Crippen molar-refractivity contribution >= 4 is 22.8 Å². The van der Waals surface area contributed by atoms with Crippen LogP contribution in [0.2, 0.25) is 0 Å². The smallest absolute Gasteiger partial charge is 0.254 e. The fourth-order valence-electron chi connectivity index (χ4n) is 4.82. The van der Waals surface area contributed by atoms with Gasteiger partial charge in [0.1, 0.15) is 0 Å². The molecule has 1 aliphatic heterocycles. The van der Waals surface area contributed by atoms with E-state index in [1.165, 1.54) is 19.3 Å². The molecule has 7 heteroatoms. The van der Waals surface area contributed by atoms with Gasteiger partial charge >= 0.3 is 0 Å². The molecule has 29 heavy (non-hydrogen) atoms. The molecule has 0 atom stereocenters. The lowest BCUT2D eigenvalue weighted by atomic mass is 9.92. The third kappa shape index (κ3) is 4.00. The molecule has 0 bridgehead atoms. The van der Waals surface area contributed by atoms with Crippen molar-refractivity contribution in [2.75, 3.05) is 13.1 Å². The third-order valence-corrected chi connectivity index (χ3v) is 6.43. The van der Waals surface area contributed by atoms with E-state index in [4.69, 9.17) is 0 Å². The molecule has 2 aromatic rings. The number of aryl methyl sites for hydroxylation is 3. The summed E-state index contributed by atoms with van der Waals surface area (Å²) >= 11 is 0. The van der Waals surface area contributed by atoms with Crippen LogP contribution >= 0.6 is 0 Å². The first-order valence-corrected chi connectivity index (χ1v) is 10.8. The largest absolute Gasteiger partial charge is 0.353 e. The average molecular weight is 398 g/mol. The van der Waals surface area contributed by atoms with Crippen LogP contribution in [0.1, 0.15) is 66.7 Å². The van der Waals surface area contributed by atoms with Crippen LogP contribution in [0, 0.1) is 19.8 Å². The molecule has 4 rings (SSSR count). The van der Waals surface area contributed by atoms with Crippen LogP contribution in [0.5, 0.6) is 0 Å². The van der Waals surface area contributed by atoms with Crippen LogP contribution < -0.4 is 5.32 Å². The van der Waals surface area contributed by atoms with Gasteiger partial charge in [0.25, 0.3) is 5.91 Å². The summed E-state index contributed by atoms with van der Waals surface area (Å²) in [5.74, 6) is 0.206. The van der Waals surface area contributed by atoms with Gasteiger partial charge in [0.2, 0.25) is 5.91 Å². The van der Waals surface area contributed by atoms with Crippen LogP contribution in [0.25, 0.3) is 11.0 Å². The first kappa shape index (κ1) is 19.9. The molecule has 1 saturated carbocycles. The minimum Gasteiger partial charge on any atom is -0.353 e. The summed E-state index contributed by atoms with van der Waals surface area (Å²) in [5.41, 5.74) is 3.04. The summed E-state index contributed by atoms with van der Waals surface area (Å²) < 4.78 is 1.73. The van der Waals surface area contributed by atoms with Gasteiger partial charge in [0, 0.05) is 37.8 Å². The molecule has 0 radical (unpaired) electrons. The van der Waals surface area contributed by atoms with Crippen LogP contribution in [0.3, 0.4) is 0 Å². The average Bonchev–Trinajstić information content (AvgIpc) is 3.01. The molecule has 1 N–H and O–H groups in total. The summed E-state index contributed by atoms with van der Waals surface area (Å²) in [4.78, 5) is 32.4. The van der Waals surface area contributed by atoms with E-state index in [1.54, 1.807) is 4.68 Å². The number of carbonyl (C=O) groups is 2. The molecular weight excluding hydrogens is 366 g/mol. The van der Waals surface area contributed by atoms with Crippen molar-refractivity contribution in [3.63, 3.8) is 0 Å². The monoisotopic (exact) mass is 397 g/mol. The minimum absolute atomic E-state index is 0.0142. The highest BCUT2D eigenvalue weighted by Crippen LogP contribution is 2.26. The zero-order valence-electron chi connectivity index (χ0n) is 17.7. The summed E-state index contributed by atoms with van der Waals surface area (Å²) in [6.07, 6.45) is 7.37. The second-order valence-corrected chi connectivity index (χ2v) is 8.63. The molecule has 156 valence electrons. The van der Waals surface area contributed by atoms with Crippen molar-refractivity contribution in [2.45, 2.75) is 64.8 Å². The predicted octanol–water partition coefficient (Wildman–Crippen LogP) is 2.89. The summed E-state index contributed by atoms with van der Waals surface area (Å²) in [7, 11) is 1.85. The molecule has 7 nitrogen and oxygen atoms in total. The van der Waals surface area contributed by atoms with Crippen molar-refractivity contribution in [1.82, 2.24) is 25.0 Å². The van der Waals surface area contributed by atoms with Gasteiger partial charge in [-0.15, -0.1) is 0 Å². The Bertz CT molecular complexity index is 921. The second kappa shape index (κ2) is 8.13. The Morgan fingerprint density at radius 3 is 2.45 bits per heavy atom. The van der Waals surface area contributed by atoms with E-state index in [0.29, 0.717) is 24.7 Å². The number of fused-ring (bicyclic) bond motifs is 1. The lowest BCUT2D eigenvalue weighted by molar-refractivity contribution is -0.127. The Morgan fingerprint density at radius 1 is 1.07 bits per heavy atom. The highest BCUT2D eigenvalue weighted by Gasteiger charge is 2.30. The second-order valence-electron chi connectivity index (χ2n) is 8.63. The van der Waals surface area contributed by atoms with E-state index in [0.717, 1.165) is 48.1 Å². The Hall–Kier alpha value is -2.44. The SMILES string of the molecule is Cc1cc(C(=O)N2CCC(C(=O)NC3CCCCC3)CC2)c2c(C)nn(C)c2n1. The molecule has 1 saturated heterocycles. The van der Waals surface area contributed by atoms with E-state index >= 15 is 0 Å². The lowest BCUT2D eigenvalue weighted by Gasteiger charge is -2.33. The lowest BCUT2D eigenvalue weighted by Crippen LogP contribution is -2.45. The Balaban J connectivity index is 1.43. The first-order valence-electron chi connectivity index (χ1n) is 10.8. The molecule has 2 amide bonds. The third-order valence-electron chi connectivity index (χ3n) is 6.43. The number of nitrogens with zero attached hydrogens (tertiary/aromatic N) is 4. The maximum absolute atomic E-state index is 13.3. The van der Waals surface area contributed by atoms with Crippen molar-refractivity contribution in [2.24, 2.45) is 13.0 Å². The summed E-state index contributed by atoms with van der Waals surface area (Å²) in [6, 6.07) is 2.21. The minimum atomic E-state index is 0.0142. The number of pyridine rings is 1. The van der Waals surface area contributed by atoms with E-state index in [-0.39, 0.29) is 17.7 Å². The molecule has 0 aromatic carbocycles. The molecule has 2 fully saturated rings. The highest BCUT2D eigenvalue weighted by molar-refractivity contribution is 6.06. The van der Waals surface area contributed by atoms with E-state index in [2.05, 4.69) is 15.4 Å². The van der Waals surface area contributed by atoms with Crippen molar-refractivity contribution < 1.29 is 9.59 Å². The van der Waals surface area contributed by atoms with E-state index in [9.17, 15) is 9.59 Å². The normalized spacial score (nSPS) is 18.9. The quantitative estimate of drug-likeness (QED) is 0.864. The zero-order valence-corrected chi connectivity index (χ0v) is 17.7. The van der Waals surface area contributed by atoms with Gasteiger partial charge in [-0.1, -0.05) is 19.3 Å². The summed E-state index contributed by atoms with van der Waals surface area (Å²) in [6.45, 7) is 5.05. The zero-order chi connectivity index (χ0) is 20.5. The highest BCUT2D eigenvalue weighted by atomic mass is 16.2. The number of hydrogen-bond donors (Lipinski definition) is 1. The molecule has 2 aromatic heterocycles. The van der Waals surface area contributed by atoms with Crippen molar-refractivity contribution in [3.8, 4) is 0 Å². The number of rotatable bonds is 3. The summed E-state index contributed by atoms with van der Waals surface area (Å²) in [5, 5.41) is 8.52. The van der Waals surface area contributed by atoms with Crippen molar-refractivity contribution in [3.05, 3.63) is 23.0 Å². The first-order chi connectivity index (χ1) is 13.9. The molecule has 2 aliphatic rings. The number of piperidine rings is 1. The maximum atomic E-state index is 13.3. The van der Waals surface area contributed by atoms with Crippen LogP contribution in [-0.2, 0) is 11.8 Å². The van der Waals surface area contributed by atoms with Crippen LogP contribution in [0.4, 0.5) is 0 Å². The maximum Gasteiger partial charge on any atom is 0.254 e. The molecule has 0 unspecified atom stereocenters. The number of nitrogens with one attached hydrogen (secondary N) is 1. The van der Waals surface area contributed by atoms with Gasteiger partial charge in [-0.25, -0.2) is 4.98 Å². The molecule has 1 aliphatic carbocycles. The fourth-order valence-corrected chi connectivity index (χ4v) is 4.82. The predicted molar refractivity (Wildman–Crippen MR) is 112 cm³/mol. The number of amides is 2. The van der Waals surface area contributed by atoms with Gasteiger partial charge in [0.05, 0.1) is 16.6 Å². The molecule has 3 heterocycles. The van der Waals surface area contributed by atoms with Crippen LogP contribution in [0.15, 0.2) is 6.07 Å². The van der Waals surface area contributed by atoms with Gasteiger partial charge in [-0.05, 0) is 45.6 Å². The van der Waals surface area contributed by atoms with E-state index < -0.39 is 0 Å². The number of hydrogen-bond acceptors (Lipinski definition) is 4. The van der Waals surface area contributed by atoms with Gasteiger partial charge < -0.3 is 10.2 Å². The van der Waals surface area contributed by atoms with E-state index in [1.807, 2.05) is 31.9 Å². The van der Waals surface area contributed by atoms with Crippen molar-refractivity contribution in [1.29, 1.82) is 0 Å². The van der Waals surface area contributed by atoms with Crippen LogP contribution in [-0.4, -0.2) is 50.6 Å². The Morgan fingerprint density at radius 2 is 1.76 bits per heavy atom. The number of likely N-dealkylation sites (tertiary alicyclic amines) is 1. The van der Waals surface area contributed by atoms with Gasteiger partial charge in [-0.2, -0.15) is 5.10 Å². The van der Waals surface area contributed by atoms with Gasteiger partial charge in [-0.3, -0.25) is 14.3 Å². The topological polar surface area (TPSA) is 80.1 Å². The number of aromatic nitrogens is 3. The standard InChI is InChI=1S/C22H31N5O2/c1-14-13-18(19-15(2)25-26(3)20(19)23-14)22(29)27-11-9-16(10-12-27)21(28)24-17-7-5-4-6-8-17/h13,16-17H,4-12H2,1-3H3,(H,24,28). The Labute approximate surface area is 171 Å². The fraction of sp³-hybridized carbons (Fsp3) is 0.636. The molecule has 0 spiro atoms. The van der Waals surface area contributed by atoms with Gasteiger partial charge in [0.15, 0.2) is 5.65 Å².